The first kappa shape index (κ1) is 22.3. The molecule has 1 aliphatic heterocycles. The van der Waals surface area contributed by atoms with Crippen LogP contribution >= 0.6 is 0 Å². The molecular weight excluding hydrogens is 454 g/mol. The Labute approximate surface area is 220 Å². The van der Waals surface area contributed by atoms with Gasteiger partial charge in [-0.25, -0.2) is 0 Å². The van der Waals surface area contributed by atoms with Crippen molar-refractivity contribution in [3.8, 4) is 0 Å². The summed E-state index contributed by atoms with van der Waals surface area (Å²) in [5.41, 5.74) is 5.47. The zero-order chi connectivity index (χ0) is 24.8. The van der Waals surface area contributed by atoms with Crippen molar-refractivity contribution in [2.75, 3.05) is 25.0 Å². The Morgan fingerprint density at radius 2 is 1.81 bits per heavy atom. The van der Waals surface area contributed by atoms with Crippen LogP contribution < -0.4 is 4.90 Å². The van der Waals surface area contributed by atoms with E-state index in [-0.39, 0.29) is 5.41 Å². The minimum atomic E-state index is 0.160. The van der Waals surface area contributed by atoms with E-state index in [1.165, 1.54) is 85.6 Å². The average molecular weight is 492 g/mol. The summed E-state index contributed by atoms with van der Waals surface area (Å²) < 4.78 is 0. The molecule has 1 heterocycles. The molecule has 5 unspecified atom stereocenters. The number of anilines is 1. The molecule has 3 saturated carbocycles. The molecule has 5 aliphatic rings. The summed E-state index contributed by atoms with van der Waals surface area (Å²) in [5.74, 6) is 1.54. The van der Waals surface area contributed by atoms with Crippen LogP contribution in [0.1, 0.15) is 56.1 Å². The summed E-state index contributed by atoms with van der Waals surface area (Å²) >= 11 is 0. The quantitative estimate of drug-likeness (QED) is 0.354. The molecule has 0 spiro atoms. The van der Waals surface area contributed by atoms with E-state index in [0.29, 0.717) is 29.1 Å². The van der Waals surface area contributed by atoms with Gasteiger partial charge in [0.2, 0.25) is 0 Å². The zero-order valence-corrected chi connectivity index (χ0v) is 21.9. The Balaban J connectivity index is 1.26. The zero-order valence-electron chi connectivity index (χ0n) is 21.9. The van der Waals surface area contributed by atoms with Crippen molar-refractivity contribution >= 4 is 22.1 Å². The van der Waals surface area contributed by atoms with E-state index in [9.17, 15) is 4.91 Å². The monoisotopic (exact) mass is 491 g/mol. The summed E-state index contributed by atoms with van der Waals surface area (Å²) in [7, 11) is 2.35. The number of rotatable bonds is 5. The second kappa shape index (κ2) is 7.89. The van der Waals surface area contributed by atoms with E-state index in [1.54, 1.807) is 0 Å². The Hall–Kier alpha value is -2.72. The van der Waals surface area contributed by atoms with Crippen molar-refractivity contribution in [2.24, 2.45) is 22.4 Å². The number of nitrogens with zero attached hydrogens (tertiary/aromatic N) is 3. The number of fused-ring (bicyclic) bond motifs is 2. The smallest absolute Gasteiger partial charge is 0.108 e. The van der Waals surface area contributed by atoms with Crippen molar-refractivity contribution in [1.82, 2.24) is 4.90 Å². The van der Waals surface area contributed by atoms with Gasteiger partial charge in [0, 0.05) is 42.2 Å². The van der Waals surface area contributed by atoms with E-state index in [1.807, 2.05) is 6.07 Å². The molecule has 0 aromatic heterocycles. The molecule has 0 radical (unpaired) electrons. The molecule has 3 aromatic rings. The molecule has 190 valence electrons. The van der Waals surface area contributed by atoms with Gasteiger partial charge in [0.15, 0.2) is 0 Å². The third-order valence-electron chi connectivity index (χ3n) is 11.6. The van der Waals surface area contributed by atoms with Crippen LogP contribution in [0.2, 0.25) is 0 Å². The van der Waals surface area contributed by atoms with Crippen molar-refractivity contribution in [3.05, 3.63) is 76.7 Å². The maximum absolute atomic E-state index is 11.7. The number of hydrogen-bond acceptors (Lipinski definition) is 4. The molecule has 4 bridgehead atoms. The first-order chi connectivity index (χ1) is 18.1. The van der Waals surface area contributed by atoms with E-state index >= 15 is 0 Å². The molecular formula is C33H37N3O. The van der Waals surface area contributed by atoms with E-state index in [4.69, 9.17) is 0 Å². The van der Waals surface area contributed by atoms with Crippen LogP contribution in [0.25, 0.3) is 10.8 Å². The highest BCUT2D eigenvalue weighted by atomic mass is 16.3. The predicted octanol–water partition coefficient (Wildman–Crippen LogP) is 7.21. The molecule has 4 heteroatoms. The Morgan fingerprint density at radius 1 is 0.973 bits per heavy atom. The van der Waals surface area contributed by atoms with Gasteiger partial charge in [-0.1, -0.05) is 42.5 Å². The van der Waals surface area contributed by atoms with Gasteiger partial charge in [0.05, 0.1) is 0 Å². The summed E-state index contributed by atoms with van der Waals surface area (Å²) in [6, 6.07) is 23.2. The molecule has 3 aromatic carbocycles. The lowest BCUT2D eigenvalue weighted by Gasteiger charge is -2.67. The lowest BCUT2D eigenvalue weighted by molar-refractivity contribution is -0.0926. The van der Waals surface area contributed by atoms with Crippen LogP contribution in [-0.4, -0.2) is 37.1 Å². The normalized spacial score (nSPS) is 34.1. The number of nitroso groups, excluding NO2 is 1. The summed E-state index contributed by atoms with van der Waals surface area (Å²) in [4.78, 5) is 17.3. The van der Waals surface area contributed by atoms with Gasteiger partial charge in [-0.2, -0.15) is 0 Å². The molecule has 0 amide bonds. The SMILES string of the molecule is CN(c1cccc2ccccc12)C1CCC23CCC1C21CCN(CC2CC2)C3Cc2ccc(N=O)cc21. The second-order valence-electron chi connectivity index (χ2n) is 12.8. The van der Waals surface area contributed by atoms with Crippen LogP contribution in [0.3, 0.4) is 0 Å². The largest absolute Gasteiger partial charge is 0.371 e. The molecule has 5 atom stereocenters. The number of benzene rings is 3. The van der Waals surface area contributed by atoms with Crippen LogP contribution in [-0.2, 0) is 11.8 Å². The Kier molecular flexibility index (Phi) is 4.75. The maximum Gasteiger partial charge on any atom is 0.108 e. The lowest BCUT2D eigenvalue weighted by atomic mass is 9.43. The molecule has 4 fully saturated rings. The van der Waals surface area contributed by atoms with Gasteiger partial charge in [-0.15, -0.1) is 4.91 Å². The van der Waals surface area contributed by atoms with Crippen LogP contribution in [0.4, 0.5) is 11.4 Å². The number of piperidine rings is 1. The van der Waals surface area contributed by atoms with E-state index in [0.717, 1.165) is 12.3 Å². The van der Waals surface area contributed by atoms with Crippen LogP contribution in [0.15, 0.2) is 65.8 Å². The fraction of sp³-hybridized carbons (Fsp3) is 0.515. The van der Waals surface area contributed by atoms with Gasteiger partial charge < -0.3 is 4.90 Å². The standard InChI is InChI=1S/C33H37N3O/c1-35(29-8-4-6-23-5-2-3-7-26(23)29)30-14-16-32-15-13-27(30)33(32)17-18-36(21-22-9-10-22)31(32)19-24-11-12-25(34-37)20-28(24)33/h2-8,11-12,20,22,27,30-31H,9-10,13-19,21H2,1H3. The summed E-state index contributed by atoms with van der Waals surface area (Å²) in [6.45, 7) is 2.51. The molecule has 1 saturated heterocycles. The lowest BCUT2D eigenvalue weighted by Crippen LogP contribution is -2.70. The predicted molar refractivity (Wildman–Crippen MR) is 151 cm³/mol. The first-order valence-electron chi connectivity index (χ1n) is 14.6. The van der Waals surface area contributed by atoms with Gasteiger partial charge in [-0.3, -0.25) is 4.90 Å². The number of likely N-dealkylation sites (tertiary alicyclic amines) is 1. The minimum absolute atomic E-state index is 0.160. The van der Waals surface area contributed by atoms with Crippen molar-refractivity contribution < 1.29 is 0 Å². The first-order valence-corrected chi connectivity index (χ1v) is 14.6. The second-order valence-corrected chi connectivity index (χ2v) is 12.8. The summed E-state index contributed by atoms with van der Waals surface area (Å²) in [5, 5.41) is 6.09. The van der Waals surface area contributed by atoms with E-state index < -0.39 is 0 Å². The third-order valence-corrected chi connectivity index (χ3v) is 11.6. The molecule has 37 heavy (non-hydrogen) atoms. The highest BCUT2D eigenvalue weighted by Crippen LogP contribution is 2.72. The average Bonchev–Trinajstić information content (AvgIpc) is 3.72. The highest BCUT2D eigenvalue weighted by molar-refractivity contribution is 5.94. The Morgan fingerprint density at radius 3 is 2.68 bits per heavy atom. The van der Waals surface area contributed by atoms with Gasteiger partial charge in [0.25, 0.3) is 0 Å². The molecule has 0 N–H and O–H groups in total. The Bertz CT molecular complexity index is 1390. The van der Waals surface area contributed by atoms with Crippen molar-refractivity contribution in [2.45, 2.75) is 68.9 Å². The fourth-order valence-corrected chi connectivity index (χ4v) is 9.98. The van der Waals surface area contributed by atoms with Gasteiger partial charge in [-0.05, 0) is 115 Å². The van der Waals surface area contributed by atoms with Crippen molar-refractivity contribution in [3.63, 3.8) is 0 Å². The molecule has 4 aliphatic carbocycles. The highest BCUT2D eigenvalue weighted by Gasteiger charge is 2.71. The fourth-order valence-electron chi connectivity index (χ4n) is 9.98. The third kappa shape index (κ3) is 2.94. The van der Waals surface area contributed by atoms with E-state index in [2.05, 4.69) is 76.6 Å². The number of hydrogen-bond donors (Lipinski definition) is 0. The van der Waals surface area contributed by atoms with Crippen LogP contribution in [0, 0.1) is 22.2 Å². The van der Waals surface area contributed by atoms with Crippen molar-refractivity contribution in [1.29, 1.82) is 0 Å². The molecule has 8 rings (SSSR count). The maximum atomic E-state index is 11.7. The minimum Gasteiger partial charge on any atom is -0.371 e. The summed E-state index contributed by atoms with van der Waals surface area (Å²) in [6.07, 6.45) is 10.4. The van der Waals surface area contributed by atoms with Gasteiger partial charge in [0.1, 0.15) is 5.69 Å². The van der Waals surface area contributed by atoms with Crippen LogP contribution in [0.5, 0.6) is 0 Å². The van der Waals surface area contributed by atoms with Gasteiger partial charge >= 0.3 is 0 Å². The molecule has 4 nitrogen and oxygen atoms in total. The topological polar surface area (TPSA) is 35.9 Å².